The summed E-state index contributed by atoms with van der Waals surface area (Å²) in [6, 6.07) is 12.7. The SMILES string of the molecule is Oc1cccc(C=NNc2nc(Nc3ccc(F)cc3)nc(N3CCCCC3)n2)c1. The van der Waals surface area contributed by atoms with Gasteiger partial charge in [0, 0.05) is 18.8 Å². The van der Waals surface area contributed by atoms with E-state index in [1.165, 1.54) is 18.6 Å². The van der Waals surface area contributed by atoms with Crippen molar-refractivity contribution in [1.29, 1.82) is 0 Å². The fraction of sp³-hybridized carbons (Fsp3) is 0.238. The second kappa shape index (κ2) is 9.17. The first-order valence-corrected chi connectivity index (χ1v) is 9.77. The number of nitrogens with zero attached hydrogens (tertiary/aromatic N) is 5. The van der Waals surface area contributed by atoms with Gasteiger partial charge in [-0.25, -0.2) is 9.82 Å². The summed E-state index contributed by atoms with van der Waals surface area (Å²) in [6.45, 7) is 1.76. The zero-order valence-electron chi connectivity index (χ0n) is 16.3. The topological polar surface area (TPSA) is 98.6 Å². The lowest BCUT2D eigenvalue weighted by Crippen LogP contribution is -2.31. The van der Waals surface area contributed by atoms with Crippen LogP contribution in [0.5, 0.6) is 5.75 Å². The predicted molar refractivity (Wildman–Crippen MR) is 115 cm³/mol. The van der Waals surface area contributed by atoms with E-state index < -0.39 is 0 Å². The first-order valence-electron chi connectivity index (χ1n) is 9.77. The van der Waals surface area contributed by atoms with E-state index in [0.717, 1.165) is 31.5 Å². The van der Waals surface area contributed by atoms with Crippen LogP contribution in [0, 0.1) is 5.82 Å². The van der Waals surface area contributed by atoms with E-state index in [1.54, 1.807) is 36.5 Å². The summed E-state index contributed by atoms with van der Waals surface area (Å²) < 4.78 is 13.2. The number of rotatable bonds is 6. The van der Waals surface area contributed by atoms with Crippen LogP contribution < -0.4 is 15.6 Å². The van der Waals surface area contributed by atoms with Crippen molar-refractivity contribution in [2.45, 2.75) is 19.3 Å². The van der Waals surface area contributed by atoms with E-state index in [4.69, 9.17) is 0 Å². The van der Waals surface area contributed by atoms with E-state index in [2.05, 4.69) is 35.7 Å². The third-order valence-electron chi connectivity index (χ3n) is 4.61. The normalized spacial score (nSPS) is 14.1. The van der Waals surface area contributed by atoms with Gasteiger partial charge in [0.05, 0.1) is 6.21 Å². The van der Waals surface area contributed by atoms with Gasteiger partial charge < -0.3 is 15.3 Å². The van der Waals surface area contributed by atoms with Gasteiger partial charge in [-0.1, -0.05) is 12.1 Å². The van der Waals surface area contributed by atoms with Gasteiger partial charge in [-0.05, 0) is 61.2 Å². The summed E-state index contributed by atoms with van der Waals surface area (Å²) in [5.74, 6) is 1.04. The summed E-state index contributed by atoms with van der Waals surface area (Å²) in [7, 11) is 0. The van der Waals surface area contributed by atoms with Crippen molar-refractivity contribution in [3.8, 4) is 5.75 Å². The Morgan fingerprint density at radius 3 is 2.50 bits per heavy atom. The van der Waals surface area contributed by atoms with Crippen molar-refractivity contribution in [3.05, 3.63) is 59.9 Å². The second-order valence-corrected chi connectivity index (χ2v) is 6.93. The van der Waals surface area contributed by atoms with E-state index in [9.17, 15) is 9.50 Å². The van der Waals surface area contributed by atoms with Crippen molar-refractivity contribution in [2.75, 3.05) is 28.7 Å². The number of anilines is 4. The molecule has 0 saturated carbocycles. The third-order valence-corrected chi connectivity index (χ3v) is 4.61. The summed E-state index contributed by atoms with van der Waals surface area (Å²) in [5, 5.41) is 16.8. The quantitative estimate of drug-likeness (QED) is 0.421. The highest BCUT2D eigenvalue weighted by Crippen LogP contribution is 2.21. The molecule has 3 N–H and O–H groups in total. The Labute approximate surface area is 173 Å². The highest BCUT2D eigenvalue weighted by Gasteiger charge is 2.16. The number of nitrogens with one attached hydrogen (secondary N) is 2. The maximum absolute atomic E-state index is 13.2. The molecule has 0 aliphatic carbocycles. The number of phenols is 1. The van der Waals surface area contributed by atoms with Crippen molar-refractivity contribution in [1.82, 2.24) is 15.0 Å². The first kappa shape index (κ1) is 19.6. The van der Waals surface area contributed by atoms with Gasteiger partial charge in [0.15, 0.2) is 0 Å². The minimum absolute atomic E-state index is 0.164. The lowest BCUT2D eigenvalue weighted by Gasteiger charge is -2.26. The number of hydrogen-bond donors (Lipinski definition) is 3. The Hall–Kier alpha value is -3.75. The minimum atomic E-state index is -0.311. The van der Waals surface area contributed by atoms with Gasteiger partial charge >= 0.3 is 0 Å². The van der Waals surface area contributed by atoms with Crippen LogP contribution in [0.1, 0.15) is 24.8 Å². The molecule has 3 aromatic rings. The Bertz CT molecular complexity index is 1020. The molecule has 1 fully saturated rings. The molecule has 2 aromatic carbocycles. The zero-order valence-corrected chi connectivity index (χ0v) is 16.3. The van der Waals surface area contributed by atoms with E-state index >= 15 is 0 Å². The van der Waals surface area contributed by atoms with Gasteiger partial charge in [0.2, 0.25) is 17.8 Å². The van der Waals surface area contributed by atoms with Crippen molar-refractivity contribution in [2.24, 2.45) is 5.10 Å². The van der Waals surface area contributed by atoms with E-state index in [0.29, 0.717) is 17.6 Å². The molecule has 2 heterocycles. The van der Waals surface area contributed by atoms with Crippen LogP contribution in [0.15, 0.2) is 53.6 Å². The molecule has 0 amide bonds. The van der Waals surface area contributed by atoms with E-state index in [1.807, 2.05) is 6.07 Å². The highest BCUT2D eigenvalue weighted by atomic mass is 19.1. The molecule has 0 spiro atoms. The summed E-state index contributed by atoms with van der Waals surface area (Å²) in [4.78, 5) is 15.5. The molecular formula is C21H22FN7O. The molecule has 0 bridgehead atoms. The summed E-state index contributed by atoms with van der Waals surface area (Å²) in [6.07, 6.45) is 4.94. The molecule has 0 atom stereocenters. The van der Waals surface area contributed by atoms with Crippen LogP contribution in [-0.4, -0.2) is 39.4 Å². The number of halogens is 1. The standard InChI is InChI=1S/C21H22FN7O/c22-16-7-9-17(10-8-16)24-19-25-20(27-21(26-19)29-11-2-1-3-12-29)28-23-14-15-5-4-6-18(30)13-15/h4-10,13-14,30H,1-3,11-12H2,(H2,24,25,26,27,28). The molecule has 1 aliphatic heterocycles. The van der Waals surface area contributed by atoms with Gasteiger partial charge in [0.1, 0.15) is 11.6 Å². The number of hydrogen-bond acceptors (Lipinski definition) is 8. The first-order chi connectivity index (χ1) is 14.7. The average molecular weight is 407 g/mol. The smallest absolute Gasteiger partial charge is 0.250 e. The number of aromatic nitrogens is 3. The van der Waals surface area contributed by atoms with Crippen molar-refractivity contribution >= 4 is 29.7 Å². The molecule has 0 radical (unpaired) electrons. The van der Waals surface area contributed by atoms with E-state index in [-0.39, 0.29) is 17.5 Å². The predicted octanol–water partition coefficient (Wildman–Crippen LogP) is 3.90. The monoisotopic (exact) mass is 407 g/mol. The molecule has 0 unspecified atom stereocenters. The summed E-state index contributed by atoms with van der Waals surface area (Å²) >= 11 is 0. The lowest BCUT2D eigenvalue weighted by atomic mass is 10.1. The molecule has 9 heteroatoms. The number of benzene rings is 2. The van der Waals surface area contributed by atoms with Crippen LogP contribution >= 0.6 is 0 Å². The van der Waals surface area contributed by atoms with Crippen LogP contribution in [-0.2, 0) is 0 Å². The molecule has 1 aromatic heterocycles. The molecule has 8 nitrogen and oxygen atoms in total. The number of hydrazone groups is 1. The van der Waals surface area contributed by atoms with Crippen molar-refractivity contribution < 1.29 is 9.50 Å². The molecule has 30 heavy (non-hydrogen) atoms. The number of piperidine rings is 1. The average Bonchev–Trinajstić information content (AvgIpc) is 2.76. The molecular weight excluding hydrogens is 385 g/mol. The zero-order chi connectivity index (χ0) is 20.8. The molecule has 4 rings (SSSR count). The Kier molecular flexibility index (Phi) is 5.98. The van der Waals surface area contributed by atoms with Gasteiger partial charge in [-0.15, -0.1) is 0 Å². The molecule has 1 saturated heterocycles. The lowest BCUT2D eigenvalue weighted by molar-refractivity contribution is 0.475. The largest absolute Gasteiger partial charge is 0.508 e. The minimum Gasteiger partial charge on any atom is -0.508 e. The second-order valence-electron chi connectivity index (χ2n) is 6.93. The van der Waals surface area contributed by atoms with Crippen LogP contribution in [0.2, 0.25) is 0 Å². The van der Waals surface area contributed by atoms with Gasteiger partial charge in [0.25, 0.3) is 0 Å². The fourth-order valence-corrected chi connectivity index (χ4v) is 3.14. The van der Waals surface area contributed by atoms with Gasteiger partial charge in [-0.3, -0.25) is 0 Å². The summed E-state index contributed by atoms with van der Waals surface area (Å²) in [5.41, 5.74) is 4.23. The van der Waals surface area contributed by atoms with Crippen LogP contribution in [0.25, 0.3) is 0 Å². The highest BCUT2D eigenvalue weighted by molar-refractivity contribution is 5.80. The molecule has 1 aliphatic rings. The van der Waals surface area contributed by atoms with Crippen LogP contribution in [0.3, 0.4) is 0 Å². The molecule has 154 valence electrons. The third kappa shape index (κ3) is 5.19. The maximum Gasteiger partial charge on any atom is 0.250 e. The fourth-order valence-electron chi connectivity index (χ4n) is 3.14. The van der Waals surface area contributed by atoms with Gasteiger partial charge in [-0.2, -0.15) is 20.1 Å². The maximum atomic E-state index is 13.2. The van der Waals surface area contributed by atoms with Crippen molar-refractivity contribution in [3.63, 3.8) is 0 Å². The number of phenolic OH excluding ortho intramolecular Hbond substituents is 1. The Morgan fingerprint density at radius 2 is 1.73 bits per heavy atom. The Morgan fingerprint density at radius 1 is 0.967 bits per heavy atom. The number of aromatic hydroxyl groups is 1. The Balaban J connectivity index is 1.56. The van der Waals surface area contributed by atoms with Crippen LogP contribution in [0.4, 0.5) is 27.9 Å².